The van der Waals surface area contributed by atoms with Crippen LogP contribution in [0.3, 0.4) is 0 Å². The van der Waals surface area contributed by atoms with E-state index in [2.05, 4.69) is 0 Å². The molecule has 0 atom stereocenters. The fourth-order valence-electron chi connectivity index (χ4n) is 1.68. The van der Waals surface area contributed by atoms with Gasteiger partial charge in [0.1, 0.15) is 10.6 Å². The van der Waals surface area contributed by atoms with Crippen molar-refractivity contribution >= 4 is 33.3 Å². The van der Waals surface area contributed by atoms with E-state index in [-0.39, 0.29) is 22.4 Å². The van der Waals surface area contributed by atoms with Gasteiger partial charge in [0.15, 0.2) is 0 Å². The second kappa shape index (κ2) is 6.48. The third kappa shape index (κ3) is 3.66. The third-order valence-corrected chi connectivity index (χ3v) is 4.41. The number of alkyl halides is 2. The van der Waals surface area contributed by atoms with Crippen LogP contribution in [0.1, 0.15) is 11.1 Å². The van der Waals surface area contributed by atoms with E-state index in [1.54, 1.807) is 36.4 Å². The topological polar surface area (TPSA) is 43.4 Å². The molecule has 0 N–H and O–H groups in total. The van der Waals surface area contributed by atoms with Gasteiger partial charge in [-0.05, 0) is 35.4 Å². The van der Waals surface area contributed by atoms with Gasteiger partial charge >= 0.3 is 10.1 Å². The Labute approximate surface area is 128 Å². The molecule has 0 aromatic heterocycles. The Hall–Kier alpha value is -1.23. The summed E-state index contributed by atoms with van der Waals surface area (Å²) in [7, 11) is -3.90. The minimum atomic E-state index is -3.90. The Morgan fingerprint density at radius 2 is 1.45 bits per heavy atom. The summed E-state index contributed by atoms with van der Waals surface area (Å²) in [6.07, 6.45) is 0. The molecule has 3 nitrogen and oxygen atoms in total. The maximum atomic E-state index is 12.2. The standard InChI is InChI=1S/C14H12Cl2O3S/c15-9-11-6-12(10-16)8-14(7-11)20(17,18)19-13-4-2-1-3-5-13/h1-8H,9-10H2. The number of benzene rings is 2. The zero-order chi connectivity index (χ0) is 14.6. The first-order chi connectivity index (χ1) is 9.55. The van der Waals surface area contributed by atoms with Gasteiger partial charge in [-0.1, -0.05) is 24.3 Å². The van der Waals surface area contributed by atoms with Crippen molar-refractivity contribution in [2.45, 2.75) is 16.7 Å². The molecular weight excluding hydrogens is 319 g/mol. The summed E-state index contributed by atoms with van der Waals surface area (Å²) in [6, 6.07) is 13.1. The number of halogens is 2. The van der Waals surface area contributed by atoms with Crippen molar-refractivity contribution < 1.29 is 12.6 Å². The monoisotopic (exact) mass is 330 g/mol. The van der Waals surface area contributed by atoms with E-state index in [1.807, 2.05) is 0 Å². The minimum absolute atomic E-state index is 0.0511. The van der Waals surface area contributed by atoms with Gasteiger partial charge in [-0.25, -0.2) is 0 Å². The van der Waals surface area contributed by atoms with Crippen LogP contribution in [0.5, 0.6) is 5.75 Å². The van der Waals surface area contributed by atoms with Crippen molar-refractivity contribution in [3.63, 3.8) is 0 Å². The zero-order valence-electron chi connectivity index (χ0n) is 10.4. The first-order valence-electron chi connectivity index (χ1n) is 5.79. The Morgan fingerprint density at radius 1 is 0.900 bits per heavy atom. The molecule has 0 spiro atoms. The van der Waals surface area contributed by atoms with Crippen LogP contribution in [0.4, 0.5) is 0 Å². The lowest BCUT2D eigenvalue weighted by atomic mass is 10.2. The molecule has 0 fully saturated rings. The summed E-state index contributed by atoms with van der Waals surface area (Å²) >= 11 is 11.5. The van der Waals surface area contributed by atoms with Crippen LogP contribution in [-0.4, -0.2) is 8.42 Å². The predicted molar refractivity (Wildman–Crippen MR) is 79.8 cm³/mol. The molecule has 0 amide bonds. The first-order valence-corrected chi connectivity index (χ1v) is 8.27. The van der Waals surface area contributed by atoms with Gasteiger partial charge in [-0.15, -0.1) is 23.2 Å². The second-order valence-electron chi connectivity index (χ2n) is 4.10. The SMILES string of the molecule is O=S(=O)(Oc1ccccc1)c1cc(CCl)cc(CCl)c1. The van der Waals surface area contributed by atoms with Crippen LogP contribution in [-0.2, 0) is 21.9 Å². The van der Waals surface area contributed by atoms with Crippen molar-refractivity contribution in [3.8, 4) is 5.75 Å². The molecule has 0 aliphatic heterocycles. The fraction of sp³-hybridized carbons (Fsp3) is 0.143. The summed E-state index contributed by atoms with van der Waals surface area (Å²) in [5.41, 5.74) is 1.36. The number of hydrogen-bond acceptors (Lipinski definition) is 3. The predicted octanol–water partition coefficient (Wildman–Crippen LogP) is 3.93. The number of para-hydroxylation sites is 1. The summed E-state index contributed by atoms with van der Waals surface area (Å²) in [5, 5.41) is 0. The molecule has 0 heterocycles. The van der Waals surface area contributed by atoms with E-state index in [4.69, 9.17) is 27.4 Å². The minimum Gasteiger partial charge on any atom is -0.379 e. The third-order valence-electron chi connectivity index (χ3n) is 2.57. The van der Waals surface area contributed by atoms with Crippen molar-refractivity contribution in [3.05, 3.63) is 59.7 Å². The van der Waals surface area contributed by atoms with Gasteiger partial charge in [0.05, 0.1) is 0 Å². The van der Waals surface area contributed by atoms with Gasteiger partial charge < -0.3 is 4.18 Å². The van der Waals surface area contributed by atoms with Crippen LogP contribution in [0.15, 0.2) is 53.4 Å². The van der Waals surface area contributed by atoms with Gasteiger partial charge in [0, 0.05) is 11.8 Å². The number of rotatable bonds is 5. The summed E-state index contributed by atoms with van der Waals surface area (Å²) in [4.78, 5) is 0.0511. The highest BCUT2D eigenvalue weighted by Crippen LogP contribution is 2.22. The molecule has 2 aromatic carbocycles. The van der Waals surface area contributed by atoms with Crippen LogP contribution in [0.2, 0.25) is 0 Å². The van der Waals surface area contributed by atoms with Gasteiger partial charge in [0.2, 0.25) is 0 Å². The molecule has 6 heteroatoms. The van der Waals surface area contributed by atoms with Gasteiger partial charge in [-0.2, -0.15) is 8.42 Å². The van der Waals surface area contributed by atoms with E-state index in [9.17, 15) is 8.42 Å². The lowest BCUT2D eigenvalue weighted by molar-refractivity contribution is 0.486. The molecule has 20 heavy (non-hydrogen) atoms. The Kier molecular flexibility index (Phi) is 4.91. The normalized spacial score (nSPS) is 11.3. The first kappa shape index (κ1) is 15.2. The van der Waals surface area contributed by atoms with Crippen LogP contribution >= 0.6 is 23.2 Å². The molecule has 0 aliphatic carbocycles. The Balaban J connectivity index is 2.38. The fourth-order valence-corrected chi connectivity index (χ4v) is 3.04. The van der Waals surface area contributed by atoms with Crippen LogP contribution in [0.25, 0.3) is 0 Å². The average Bonchev–Trinajstić information content (AvgIpc) is 2.47. The summed E-state index contributed by atoms with van der Waals surface area (Å²) in [6.45, 7) is 0. The average molecular weight is 331 g/mol. The quantitative estimate of drug-likeness (QED) is 0.616. The Morgan fingerprint density at radius 3 is 1.95 bits per heavy atom. The maximum Gasteiger partial charge on any atom is 0.339 e. The molecular formula is C14H12Cl2O3S. The molecule has 0 aliphatic rings. The smallest absolute Gasteiger partial charge is 0.339 e. The van der Waals surface area contributed by atoms with E-state index in [0.29, 0.717) is 11.1 Å². The highest BCUT2D eigenvalue weighted by atomic mass is 35.5. The van der Waals surface area contributed by atoms with Crippen molar-refractivity contribution in [2.24, 2.45) is 0 Å². The van der Waals surface area contributed by atoms with Gasteiger partial charge in [0.25, 0.3) is 0 Å². The lowest BCUT2D eigenvalue weighted by Crippen LogP contribution is -2.10. The highest BCUT2D eigenvalue weighted by Gasteiger charge is 2.18. The molecule has 0 saturated carbocycles. The largest absolute Gasteiger partial charge is 0.379 e. The van der Waals surface area contributed by atoms with Crippen LogP contribution < -0.4 is 4.18 Å². The highest BCUT2D eigenvalue weighted by molar-refractivity contribution is 7.87. The van der Waals surface area contributed by atoms with Crippen LogP contribution in [0, 0.1) is 0 Å². The molecule has 0 unspecified atom stereocenters. The van der Waals surface area contributed by atoms with E-state index in [1.165, 1.54) is 12.1 Å². The maximum absolute atomic E-state index is 12.2. The lowest BCUT2D eigenvalue weighted by Gasteiger charge is -2.09. The van der Waals surface area contributed by atoms with Crippen molar-refractivity contribution in [1.82, 2.24) is 0 Å². The summed E-state index contributed by atoms with van der Waals surface area (Å²) < 4.78 is 29.5. The summed E-state index contributed by atoms with van der Waals surface area (Å²) in [5.74, 6) is 0.674. The van der Waals surface area contributed by atoms with E-state index >= 15 is 0 Å². The molecule has 0 bridgehead atoms. The second-order valence-corrected chi connectivity index (χ2v) is 6.18. The molecule has 2 aromatic rings. The Bertz CT molecular complexity index is 663. The molecule has 106 valence electrons. The zero-order valence-corrected chi connectivity index (χ0v) is 12.8. The number of hydrogen-bond donors (Lipinski definition) is 0. The van der Waals surface area contributed by atoms with Crippen molar-refractivity contribution in [2.75, 3.05) is 0 Å². The van der Waals surface area contributed by atoms with Crippen molar-refractivity contribution in [1.29, 1.82) is 0 Å². The van der Waals surface area contributed by atoms with Gasteiger partial charge in [-0.3, -0.25) is 0 Å². The molecule has 0 radical (unpaired) electrons. The molecule has 2 rings (SSSR count). The molecule has 0 saturated heterocycles. The van der Waals surface area contributed by atoms with E-state index in [0.717, 1.165) is 0 Å². The van der Waals surface area contributed by atoms with E-state index < -0.39 is 10.1 Å².